The second-order valence-corrected chi connectivity index (χ2v) is 3.40. The Hall–Kier alpha value is -1.76. The van der Waals surface area contributed by atoms with Gasteiger partial charge in [0.15, 0.2) is 6.79 Å². The number of ether oxygens (including phenoxy) is 2. The van der Waals surface area contributed by atoms with Crippen molar-refractivity contribution in [3.8, 4) is 5.75 Å². The Kier molecular flexibility index (Phi) is 4.96. The summed E-state index contributed by atoms with van der Waals surface area (Å²) in [4.78, 5) is 10.5. The molecule has 100 valence electrons. The van der Waals surface area contributed by atoms with Crippen LogP contribution in [0.5, 0.6) is 5.75 Å². The number of carbonyl (C=O) groups is 1. The van der Waals surface area contributed by atoms with Gasteiger partial charge in [0, 0.05) is 5.56 Å². The summed E-state index contributed by atoms with van der Waals surface area (Å²) in [7, 11) is 0. The van der Waals surface area contributed by atoms with Crippen LogP contribution < -0.4 is 4.74 Å². The monoisotopic (exact) mass is 264 g/mol. The predicted molar refractivity (Wildman–Crippen MR) is 55.3 cm³/mol. The third-order valence-corrected chi connectivity index (χ3v) is 1.88. The van der Waals surface area contributed by atoms with Crippen molar-refractivity contribution < 1.29 is 32.5 Å². The van der Waals surface area contributed by atoms with Crippen LogP contribution in [0.4, 0.5) is 13.2 Å². The molecular formula is C11H11F3O4. The fourth-order valence-electron chi connectivity index (χ4n) is 1.22. The van der Waals surface area contributed by atoms with Gasteiger partial charge in [-0.3, -0.25) is 4.79 Å². The minimum Gasteiger partial charge on any atom is -0.481 e. The first kappa shape index (κ1) is 14.3. The fraction of sp³-hybridized carbons (Fsp3) is 0.364. The first-order chi connectivity index (χ1) is 8.38. The molecule has 0 unspecified atom stereocenters. The average molecular weight is 264 g/mol. The van der Waals surface area contributed by atoms with E-state index in [9.17, 15) is 18.0 Å². The average Bonchev–Trinajstić information content (AvgIpc) is 2.24. The van der Waals surface area contributed by atoms with E-state index in [4.69, 9.17) is 9.84 Å². The van der Waals surface area contributed by atoms with Gasteiger partial charge in [-0.2, -0.15) is 13.2 Å². The highest BCUT2D eigenvalue weighted by Crippen LogP contribution is 2.19. The zero-order chi connectivity index (χ0) is 13.6. The van der Waals surface area contributed by atoms with Gasteiger partial charge in [0.2, 0.25) is 0 Å². The number of hydrogen-bond acceptors (Lipinski definition) is 3. The second kappa shape index (κ2) is 6.25. The van der Waals surface area contributed by atoms with Crippen molar-refractivity contribution in [2.24, 2.45) is 0 Å². The van der Waals surface area contributed by atoms with E-state index in [-0.39, 0.29) is 12.2 Å². The quantitative estimate of drug-likeness (QED) is 0.632. The zero-order valence-corrected chi connectivity index (χ0v) is 9.24. The van der Waals surface area contributed by atoms with Crippen molar-refractivity contribution in [3.63, 3.8) is 0 Å². The summed E-state index contributed by atoms with van der Waals surface area (Å²) in [5, 5.41) is 8.63. The lowest BCUT2D eigenvalue weighted by molar-refractivity contribution is -0.186. The Morgan fingerprint density at radius 2 is 1.94 bits per heavy atom. The van der Waals surface area contributed by atoms with E-state index in [1.54, 1.807) is 12.1 Å². The largest absolute Gasteiger partial charge is 0.481 e. The van der Waals surface area contributed by atoms with Crippen molar-refractivity contribution in [3.05, 3.63) is 29.8 Å². The van der Waals surface area contributed by atoms with E-state index in [1.165, 1.54) is 12.1 Å². The first-order valence-corrected chi connectivity index (χ1v) is 4.95. The van der Waals surface area contributed by atoms with Gasteiger partial charge >= 0.3 is 12.1 Å². The summed E-state index contributed by atoms with van der Waals surface area (Å²) in [5.41, 5.74) is 0.376. The van der Waals surface area contributed by atoms with Crippen LogP contribution in [0.2, 0.25) is 0 Å². The summed E-state index contributed by atoms with van der Waals surface area (Å²) in [6, 6.07) is 6.19. The highest BCUT2D eigenvalue weighted by Gasteiger charge is 2.27. The highest BCUT2D eigenvalue weighted by molar-refractivity contribution is 5.71. The molecule has 0 fully saturated rings. The fourth-order valence-corrected chi connectivity index (χ4v) is 1.22. The van der Waals surface area contributed by atoms with Crippen LogP contribution >= 0.6 is 0 Å². The van der Waals surface area contributed by atoms with Gasteiger partial charge in [0.25, 0.3) is 0 Å². The van der Waals surface area contributed by atoms with E-state index in [0.717, 1.165) is 0 Å². The molecule has 0 aromatic heterocycles. The molecule has 1 rings (SSSR count). The van der Waals surface area contributed by atoms with Crippen LogP contribution in [-0.4, -0.2) is 30.7 Å². The van der Waals surface area contributed by atoms with E-state index >= 15 is 0 Å². The number of carboxylic acids is 1. The third kappa shape index (κ3) is 5.53. The van der Waals surface area contributed by atoms with Crippen molar-refractivity contribution >= 4 is 5.97 Å². The van der Waals surface area contributed by atoms with Crippen molar-refractivity contribution in [2.45, 2.75) is 12.6 Å². The number of rotatable bonds is 6. The molecule has 0 amide bonds. The minimum absolute atomic E-state index is 0.196. The number of carboxylic acid groups (broad SMARTS) is 1. The van der Waals surface area contributed by atoms with Gasteiger partial charge < -0.3 is 14.6 Å². The highest BCUT2D eigenvalue weighted by atomic mass is 19.4. The van der Waals surface area contributed by atoms with E-state index in [1.807, 2.05) is 0 Å². The molecule has 0 radical (unpaired) electrons. The number of hydrogen-bond donors (Lipinski definition) is 1. The molecule has 18 heavy (non-hydrogen) atoms. The molecule has 0 aliphatic heterocycles. The summed E-state index contributed by atoms with van der Waals surface area (Å²) in [5.74, 6) is -0.857. The summed E-state index contributed by atoms with van der Waals surface area (Å²) in [6.07, 6.45) is -4.68. The van der Waals surface area contributed by atoms with Gasteiger partial charge in [0.1, 0.15) is 12.4 Å². The molecule has 0 atom stereocenters. The molecule has 7 heteroatoms. The van der Waals surface area contributed by atoms with Crippen LogP contribution in [0, 0.1) is 0 Å². The number of benzene rings is 1. The van der Waals surface area contributed by atoms with Gasteiger partial charge in [-0.05, 0) is 6.07 Å². The molecular weight excluding hydrogens is 253 g/mol. The minimum atomic E-state index is -4.41. The summed E-state index contributed by atoms with van der Waals surface area (Å²) >= 11 is 0. The van der Waals surface area contributed by atoms with Crippen molar-refractivity contribution in [2.75, 3.05) is 13.4 Å². The molecule has 1 aromatic carbocycles. The maximum absolute atomic E-state index is 11.8. The van der Waals surface area contributed by atoms with Crippen LogP contribution in [0.1, 0.15) is 5.56 Å². The number of para-hydroxylation sites is 1. The van der Waals surface area contributed by atoms with Crippen molar-refractivity contribution in [1.82, 2.24) is 0 Å². The smallest absolute Gasteiger partial charge is 0.411 e. The lowest BCUT2D eigenvalue weighted by Gasteiger charge is -2.11. The van der Waals surface area contributed by atoms with Gasteiger partial charge in [0.05, 0.1) is 6.42 Å². The zero-order valence-electron chi connectivity index (χ0n) is 9.24. The van der Waals surface area contributed by atoms with Crippen LogP contribution in [0.25, 0.3) is 0 Å². The predicted octanol–water partition coefficient (Wildman–Crippen LogP) is 2.23. The van der Waals surface area contributed by atoms with Crippen molar-refractivity contribution in [1.29, 1.82) is 0 Å². The first-order valence-electron chi connectivity index (χ1n) is 4.95. The maximum atomic E-state index is 11.8. The molecule has 0 saturated heterocycles. The van der Waals surface area contributed by atoms with Crippen LogP contribution in [0.15, 0.2) is 24.3 Å². The summed E-state index contributed by atoms with van der Waals surface area (Å²) < 4.78 is 44.5. The standard InChI is InChI=1S/C11H11F3O4/c12-11(13,14)6-17-7-18-9-4-2-1-3-8(9)5-10(15)16/h1-4H,5-7H2,(H,15,16). The van der Waals surface area contributed by atoms with Crippen LogP contribution in [0.3, 0.4) is 0 Å². The lowest BCUT2D eigenvalue weighted by Crippen LogP contribution is -2.19. The lowest BCUT2D eigenvalue weighted by atomic mass is 10.1. The Balaban J connectivity index is 2.49. The number of aliphatic carboxylic acids is 1. The molecule has 0 bridgehead atoms. The normalized spacial score (nSPS) is 11.3. The topological polar surface area (TPSA) is 55.8 Å². The SMILES string of the molecule is O=C(O)Cc1ccccc1OCOCC(F)(F)F. The Labute approximate surface area is 101 Å². The van der Waals surface area contributed by atoms with E-state index < -0.39 is 25.5 Å². The Morgan fingerprint density at radius 3 is 2.56 bits per heavy atom. The van der Waals surface area contributed by atoms with Gasteiger partial charge in [-0.15, -0.1) is 0 Å². The van der Waals surface area contributed by atoms with Gasteiger partial charge in [-0.25, -0.2) is 0 Å². The van der Waals surface area contributed by atoms with E-state index in [2.05, 4.69) is 4.74 Å². The number of halogens is 3. The molecule has 1 aromatic rings. The Morgan fingerprint density at radius 1 is 1.28 bits per heavy atom. The molecule has 0 aliphatic carbocycles. The molecule has 0 saturated carbocycles. The summed E-state index contributed by atoms with van der Waals surface area (Å²) in [6.45, 7) is -2.00. The Bertz CT molecular complexity index is 404. The molecule has 0 aliphatic rings. The van der Waals surface area contributed by atoms with Crippen LogP contribution in [-0.2, 0) is 16.0 Å². The molecule has 0 spiro atoms. The van der Waals surface area contributed by atoms with E-state index in [0.29, 0.717) is 5.56 Å². The second-order valence-electron chi connectivity index (χ2n) is 3.40. The molecule has 0 heterocycles. The molecule has 4 nitrogen and oxygen atoms in total. The van der Waals surface area contributed by atoms with Gasteiger partial charge in [-0.1, -0.05) is 18.2 Å². The molecule has 1 N–H and O–H groups in total. The maximum Gasteiger partial charge on any atom is 0.411 e. The third-order valence-electron chi connectivity index (χ3n) is 1.88. The number of alkyl halides is 3.